The van der Waals surface area contributed by atoms with Crippen LogP contribution in [0.2, 0.25) is 0 Å². The third kappa shape index (κ3) is 3.60. The SMILES string of the molecule is CN1CCC(CCc2ccc(Br)cc2)CC1. The first kappa shape index (κ1) is 12.1. The summed E-state index contributed by atoms with van der Waals surface area (Å²) < 4.78 is 1.18. The van der Waals surface area contributed by atoms with E-state index in [1.54, 1.807) is 0 Å². The lowest BCUT2D eigenvalue weighted by molar-refractivity contribution is 0.212. The number of rotatable bonds is 3. The molecule has 0 atom stereocenters. The highest BCUT2D eigenvalue weighted by Crippen LogP contribution is 2.22. The van der Waals surface area contributed by atoms with Crippen LogP contribution in [0.4, 0.5) is 0 Å². The molecular weight excluding hydrogens is 262 g/mol. The average Bonchev–Trinajstić information content (AvgIpc) is 2.30. The fraction of sp³-hybridized carbons (Fsp3) is 0.571. The second-order valence-electron chi connectivity index (χ2n) is 4.91. The number of hydrogen-bond donors (Lipinski definition) is 0. The van der Waals surface area contributed by atoms with Crippen LogP contribution in [0.1, 0.15) is 24.8 Å². The summed E-state index contributed by atoms with van der Waals surface area (Å²) in [7, 11) is 2.23. The lowest BCUT2D eigenvalue weighted by atomic mass is 9.91. The first-order valence-electron chi connectivity index (χ1n) is 6.17. The van der Waals surface area contributed by atoms with E-state index in [4.69, 9.17) is 0 Å². The van der Waals surface area contributed by atoms with E-state index >= 15 is 0 Å². The van der Waals surface area contributed by atoms with E-state index in [0.29, 0.717) is 0 Å². The van der Waals surface area contributed by atoms with Gasteiger partial charge in [0.1, 0.15) is 0 Å². The minimum absolute atomic E-state index is 0.944. The zero-order chi connectivity index (χ0) is 11.4. The normalized spacial score (nSPS) is 18.9. The second-order valence-corrected chi connectivity index (χ2v) is 5.83. The molecule has 0 bridgehead atoms. The van der Waals surface area contributed by atoms with Crippen molar-refractivity contribution in [2.75, 3.05) is 20.1 Å². The predicted molar refractivity (Wildman–Crippen MR) is 72.7 cm³/mol. The van der Waals surface area contributed by atoms with Crippen LogP contribution < -0.4 is 0 Å². The van der Waals surface area contributed by atoms with Crippen LogP contribution >= 0.6 is 15.9 Å². The second kappa shape index (κ2) is 5.83. The van der Waals surface area contributed by atoms with Gasteiger partial charge in [0.25, 0.3) is 0 Å². The number of hydrogen-bond acceptors (Lipinski definition) is 1. The number of likely N-dealkylation sites (tertiary alicyclic amines) is 1. The Bertz CT molecular complexity index is 312. The van der Waals surface area contributed by atoms with Gasteiger partial charge >= 0.3 is 0 Å². The summed E-state index contributed by atoms with van der Waals surface area (Å²) in [4.78, 5) is 2.44. The zero-order valence-electron chi connectivity index (χ0n) is 9.95. The quantitative estimate of drug-likeness (QED) is 0.816. The molecule has 1 aliphatic rings. The lowest BCUT2D eigenvalue weighted by Gasteiger charge is -2.28. The van der Waals surface area contributed by atoms with Gasteiger partial charge in [-0.05, 0) is 69.4 Å². The van der Waals surface area contributed by atoms with Gasteiger partial charge in [-0.15, -0.1) is 0 Å². The monoisotopic (exact) mass is 281 g/mol. The van der Waals surface area contributed by atoms with Gasteiger partial charge in [0, 0.05) is 4.47 Å². The van der Waals surface area contributed by atoms with Gasteiger partial charge in [0.05, 0.1) is 0 Å². The Morgan fingerprint density at radius 1 is 1.19 bits per heavy atom. The summed E-state index contributed by atoms with van der Waals surface area (Å²) in [5.74, 6) is 0.944. The molecule has 0 aromatic heterocycles. The minimum atomic E-state index is 0.944. The molecule has 0 radical (unpaired) electrons. The molecule has 0 amide bonds. The van der Waals surface area contributed by atoms with E-state index in [0.717, 1.165) is 5.92 Å². The molecule has 1 aromatic rings. The smallest absolute Gasteiger partial charge is 0.0175 e. The number of aryl methyl sites for hydroxylation is 1. The summed E-state index contributed by atoms with van der Waals surface area (Å²) >= 11 is 3.47. The van der Waals surface area contributed by atoms with Crippen molar-refractivity contribution in [2.24, 2.45) is 5.92 Å². The van der Waals surface area contributed by atoms with E-state index in [-0.39, 0.29) is 0 Å². The van der Waals surface area contributed by atoms with Crippen molar-refractivity contribution in [3.05, 3.63) is 34.3 Å². The van der Waals surface area contributed by atoms with Crippen molar-refractivity contribution >= 4 is 15.9 Å². The topological polar surface area (TPSA) is 3.24 Å². The molecule has 0 unspecified atom stereocenters. The Hall–Kier alpha value is -0.340. The summed E-state index contributed by atoms with van der Waals surface area (Å²) in [6.45, 7) is 2.57. The maximum Gasteiger partial charge on any atom is 0.0175 e. The van der Waals surface area contributed by atoms with Gasteiger partial charge in [-0.25, -0.2) is 0 Å². The predicted octanol–water partition coefficient (Wildman–Crippen LogP) is 3.72. The van der Waals surface area contributed by atoms with E-state index < -0.39 is 0 Å². The van der Waals surface area contributed by atoms with E-state index in [2.05, 4.69) is 52.1 Å². The summed E-state index contributed by atoms with van der Waals surface area (Å²) in [5.41, 5.74) is 1.47. The molecule has 2 rings (SSSR count). The van der Waals surface area contributed by atoms with Crippen molar-refractivity contribution in [1.82, 2.24) is 4.90 Å². The largest absolute Gasteiger partial charge is 0.306 e. The molecule has 0 spiro atoms. The first-order chi connectivity index (χ1) is 7.74. The molecule has 1 aromatic carbocycles. The molecule has 0 saturated carbocycles. The Morgan fingerprint density at radius 2 is 1.81 bits per heavy atom. The van der Waals surface area contributed by atoms with Gasteiger partial charge in [-0.3, -0.25) is 0 Å². The standard InChI is InChI=1S/C14H20BrN/c1-16-10-8-13(9-11-16)3-2-12-4-6-14(15)7-5-12/h4-7,13H,2-3,8-11H2,1H3. The van der Waals surface area contributed by atoms with Crippen LogP contribution in [0.15, 0.2) is 28.7 Å². The summed E-state index contributed by atoms with van der Waals surface area (Å²) in [6, 6.07) is 8.76. The highest BCUT2D eigenvalue weighted by atomic mass is 79.9. The number of benzene rings is 1. The van der Waals surface area contributed by atoms with Crippen LogP contribution in [0.25, 0.3) is 0 Å². The van der Waals surface area contributed by atoms with Crippen molar-refractivity contribution in [1.29, 1.82) is 0 Å². The van der Waals surface area contributed by atoms with Crippen LogP contribution in [0.3, 0.4) is 0 Å². The molecule has 1 saturated heterocycles. The molecule has 1 fully saturated rings. The molecule has 0 aliphatic carbocycles. The Labute approximate surface area is 107 Å². The summed E-state index contributed by atoms with van der Waals surface area (Å²) in [6.07, 6.45) is 5.36. The van der Waals surface area contributed by atoms with E-state index in [1.165, 1.54) is 48.8 Å². The third-order valence-corrected chi connectivity index (χ3v) is 4.12. The Kier molecular flexibility index (Phi) is 4.42. The number of nitrogens with zero attached hydrogens (tertiary/aromatic N) is 1. The number of halogens is 1. The third-order valence-electron chi connectivity index (χ3n) is 3.59. The lowest BCUT2D eigenvalue weighted by Crippen LogP contribution is -2.30. The van der Waals surface area contributed by atoms with Crippen LogP contribution in [0.5, 0.6) is 0 Å². The molecule has 0 N–H and O–H groups in total. The highest BCUT2D eigenvalue weighted by molar-refractivity contribution is 9.10. The van der Waals surface area contributed by atoms with Gasteiger partial charge < -0.3 is 4.90 Å². The van der Waals surface area contributed by atoms with Gasteiger partial charge in [0.2, 0.25) is 0 Å². The van der Waals surface area contributed by atoms with Crippen molar-refractivity contribution in [3.8, 4) is 0 Å². The van der Waals surface area contributed by atoms with Crippen LogP contribution in [-0.2, 0) is 6.42 Å². The molecule has 2 heteroatoms. The maximum absolute atomic E-state index is 3.47. The molecule has 1 nitrogen and oxygen atoms in total. The fourth-order valence-electron chi connectivity index (χ4n) is 2.37. The molecule has 16 heavy (non-hydrogen) atoms. The molecule has 1 aliphatic heterocycles. The minimum Gasteiger partial charge on any atom is -0.306 e. The van der Waals surface area contributed by atoms with Gasteiger partial charge in [0.15, 0.2) is 0 Å². The van der Waals surface area contributed by atoms with Crippen LogP contribution in [-0.4, -0.2) is 25.0 Å². The Balaban J connectivity index is 1.77. The van der Waals surface area contributed by atoms with Crippen LogP contribution in [0, 0.1) is 5.92 Å². The maximum atomic E-state index is 3.47. The molecular formula is C14H20BrN. The van der Waals surface area contributed by atoms with Gasteiger partial charge in [-0.2, -0.15) is 0 Å². The highest BCUT2D eigenvalue weighted by Gasteiger charge is 2.15. The molecule has 1 heterocycles. The average molecular weight is 282 g/mol. The number of piperidine rings is 1. The van der Waals surface area contributed by atoms with Crippen molar-refractivity contribution < 1.29 is 0 Å². The fourth-order valence-corrected chi connectivity index (χ4v) is 2.64. The Morgan fingerprint density at radius 3 is 2.44 bits per heavy atom. The van der Waals surface area contributed by atoms with Crippen molar-refractivity contribution in [3.63, 3.8) is 0 Å². The summed E-state index contributed by atoms with van der Waals surface area (Å²) in [5, 5.41) is 0. The van der Waals surface area contributed by atoms with E-state index in [9.17, 15) is 0 Å². The zero-order valence-corrected chi connectivity index (χ0v) is 11.5. The first-order valence-corrected chi connectivity index (χ1v) is 6.96. The van der Waals surface area contributed by atoms with Gasteiger partial charge in [-0.1, -0.05) is 28.1 Å². The molecule has 88 valence electrons. The van der Waals surface area contributed by atoms with E-state index in [1.807, 2.05) is 0 Å². The van der Waals surface area contributed by atoms with Crippen molar-refractivity contribution in [2.45, 2.75) is 25.7 Å².